The van der Waals surface area contributed by atoms with Crippen LogP contribution in [-0.4, -0.2) is 23.0 Å². The lowest BCUT2D eigenvalue weighted by molar-refractivity contribution is -0.173. The fraction of sp³-hybridized carbons (Fsp3) is 0.409. The monoisotopic (exact) mass is 419 g/mol. The van der Waals surface area contributed by atoms with Crippen molar-refractivity contribution >= 4 is 17.5 Å². The molecule has 1 aromatic heterocycles. The number of nitrogens with two attached hydrogens (primary N) is 1. The highest BCUT2D eigenvalue weighted by Gasteiger charge is 2.58. The van der Waals surface area contributed by atoms with Gasteiger partial charge >= 0.3 is 12.1 Å². The van der Waals surface area contributed by atoms with Crippen molar-refractivity contribution in [2.24, 2.45) is 11.7 Å². The van der Waals surface area contributed by atoms with E-state index in [0.29, 0.717) is 23.3 Å². The number of aryl methyl sites for hydroxylation is 1. The van der Waals surface area contributed by atoms with E-state index in [1.165, 1.54) is 36.7 Å². The standard InChI is InChI=1S/C22H24F3N3O2/c1-15-6-5-9-18(14-15)28(20(30)22(23,24)25)21(19(26)29,16-7-3-2-4-8-16)17-10-12-27-13-11-17/h5-6,9-14,16H,2-4,7-8H2,1H3,(H2,26,29). The average molecular weight is 419 g/mol. The topological polar surface area (TPSA) is 76.3 Å². The molecule has 1 saturated carbocycles. The lowest BCUT2D eigenvalue weighted by atomic mass is 9.69. The van der Waals surface area contributed by atoms with Crippen LogP contribution in [0.5, 0.6) is 0 Å². The maximum absolute atomic E-state index is 13.8. The third-order valence-electron chi connectivity index (χ3n) is 5.75. The van der Waals surface area contributed by atoms with Gasteiger partial charge < -0.3 is 5.73 Å². The fourth-order valence-corrected chi connectivity index (χ4v) is 4.50. The van der Waals surface area contributed by atoms with Crippen molar-refractivity contribution in [2.75, 3.05) is 4.90 Å². The van der Waals surface area contributed by atoms with Crippen LogP contribution in [0.4, 0.5) is 18.9 Å². The molecule has 0 radical (unpaired) electrons. The van der Waals surface area contributed by atoms with E-state index >= 15 is 0 Å². The second-order valence-corrected chi connectivity index (χ2v) is 7.68. The van der Waals surface area contributed by atoms with Crippen molar-refractivity contribution < 1.29 is 22.8 Å². The molecule has 3 rings (SSSR count). The second kappa shape index (κ2) is 8.45. The van der Waals surface area contributed by atoms with Gasteiger partial charge in [0.1, 0.15) is 0 Å². The number of hydrogen-bond donors (Lipinski definition) is 1. The molecule has 0 bridgehead atoms. The lowest BCUT2D eigenvalue weighted by Gasteiger charge is -2.48. The highest BCUT2D eigenvalue weighted by molar-refractivity contribution is 6.06. The molecule has 5 nitrogen and oxygen atoms in total. The second-order valence-electron chi connectivity index (χ2n) is 7.68. The van der Waals surface area contributed by atoms with Crippen molar-refractivity contribution in [1.29, 1.82) is 0 Å². The summed E-state index contributed by atoms with van der Waals surface area (Å²) in [5.74, 6) is -3.66. The molecule has 30 heavy (non-hydrogen) atoms. The van der Waals surface area contributed by atoms with Gasteiger partial charge in [0, 0.05) is 18.1 Å². The Balaban J connectivity index is 2.36. The molecule has 1 aromatic carbocycles. The van der Waals surface area contributed by atoms with Gasteiger partial charge in [-0.15, -0.1) is 0 Å². The van der Waals surface area contributed by atoms with E-state index in [1.54, 1.807) is 19.1 Å². The first-order chi connectivity index (χ1) is 14.2. The number of benzene rings is 1. The summed E-state index contributed by atoms with van der Waals surface area (Å²) in [4.78, 5) is 30.4. The first kappa shape index (κ1) is 21.8. The third kappa shape index (κ3) is 3.91. The van der Waals surface area contributed by atoms with E-state index < -0.39 is 29.4 Å². The number of primary amides is 1. The van der Waals surface area contributed by atoms with Gasteiger partial charge in [0.05, 0.1) is 0 Å². The number of anilines is 1. The minimum Gasteiger partial charge on any atom is -0.367 e. The first-order valence-corrected chi connectivity index (χ1v) is 9.87. The third-order valence-corrected chi connectivity index (χ3v) is 5.75. The van der Waals surface area contributed by atoms with Crippen LogP contribution in [0.3, 0.4) is 0 Å². The number of alkyl halides is 3. The zero-order chi connectivity index (χ0) is 21.9. The van der Waals surface area contributed by atoms with Crippen LogP contribution >= 0.6 is 0 Å². The average Bonchev–Trinajstić information content (AvgIpc) is 2.72. The molecular formula is C22H24F3N3O2. The molecule has 0 saturated heterocycles. The van der Waals surface area contributed by atoms with Gasteiger partial charge in [0.25, 0.3) is 0 Å². The zero-order valence-corrected chi connectivity index (χ0v) is 16.7. The molecule has 1 atom stereocenters. The molecule has 0 spiro atoms. The number of aromatic nitrogens is 1. The maximum Gasteiger partial charge on any atom is 0.471 e. The van der Waals surface area contributed by atoms with Gasteiger partial charge in [0.2, 0.25) is 5.91 Å². The highest BCUT2D eigenvalue weighted by atomic mass is 19.4. The van der Waals surface area contributed by atoms with Gasteiger partial charge in [-0.1, -0.05) is 31.4 Å². The van der Waals surface area contributed by atoms with E-state index in [2.05, 4.69) is 4.98 Å². The predicted molar refractivity (Wildman–Crippen MR) is 106 cm³/mol. The predicted octanol–water partition coefficient (Wildman–Crippen LogP) is 4.25. The van der Waals surface area contributed by atoms with E-state index in [4.69, 9.17) is 5.73 Å². The molecule has 160 valence electrons. The molecular weight excluding hydrogens is 395 g/mol. The Kier molecular flexibility index (Phi) is 6.14. The highest BCUT2D eigenvalue weighted by Crippen LogP contribution is 2.47. The van der Waals surface area contributed by atoms with E-state index in [-0.39, 0.29) is 11.3 Å². The lowest BCUT2D eigenvalue weighted by Crippen LogP contribution is -2.64. The summed E-state index contributed by atoms with van der Waals surface area (Å²) in [7, 11) is 0. The maximum atomic E-state index is 13.8. The number of amides is 2. The number of hydrogen-bond acceptors (Lipinski definition) is 3. The molecule has 2 N–H and O–H groups in total. The SMILES string of the molecule is Cc1cccc(N(C(=O)C(F)(F)F)C(C(N)=O)(c2ccncc2)C2CCCCC2)c1. The number of carbonyl (C=O) groups excluding carboxylic acids is 2. The van der Waals surface area contributed by atoms with Gasteiger partial charge in [-0.25, -0.2) is 0 Å². The Bertz CT molecular complexity index is 911. The molecule has 0 aliphatic heterocycles. The van der Waals surface area contributed by atoms with Crippen molar-refractivity contribution in [3.8, 4) is 0 Å². The smallest absolute Gasteiger partial charge is 0.367 e. The van der Waals surface area contributed by atoms with E-state index in [0.717, 1.165) is 19.3 Å². The molecule has 1 aliphatic carbocycles. The van der Waals surface area contributed by atoms with E-state index in [9.17, 15) is 22.8 Å². The summed E-state index contributed by atoms with van der Waals surface area (Å²) < 4.78 is 41.4. The number of pyridine rings is 1. The molecule has 1 unspecified atom stereocenters. The van der Waals surface area contributed by atoms with Crippen LogP contribution < -0.4 is 10.6 Å². The fourth-order valence-electron chi connectivity index (χ4n) is 4.50. The largest absolute Gasteiger partial charge is 0.471 e. The summed E-state index contributed by atoms with van der Waals surface area (Å²) in [6.07, 6.45) is 0.965. The van der Waals surface area contributed by atoms with Crippen molar-refractivity contribution in [3.05, 3.63) is 59.9 Å². The molecule has 2 aromatic rings. The molecule has 1 aliphatic rings. The molecule has 1 fully saturated rings. The van der Waals surface area contributed by atoms with Crippen molar-refractivity contribution in [2.45, 2.75) is 50.7 Å². The Morgan fingerprint density at radius 3 is 2.23 bits per heavy atom. The Morgan fingerprint density at radius 2 is 1.70 bits per heavy atom. The zero-order valence-electron chi connectivity index (χ0n) is 16.7. The Hall–Kier alpha value is -2.90. The summed E-state index contributed by atoms with van der Waals surface area (Å²) in [5.41, 5.74) is 4.76. The van der Waals surface area contributed by atoms with Gasteiger partial charge in [-0.3, -0.25) is 19.5 Å². The molecule has 8 heteroatoms. The van der Waals surface area contributed by atoms with Crippen molar-refractivity contribution in [1.82, 2.24) is 4.98 Å². The Labute approximate surface area is 173 Å². The van der Waals surface area contributed by atoms with Crippen LogP contribution in [0.1, 0.15) is 43.2 Å². The van der Waals surface area contributed by atoms with Crippen LogP contribution in [0.2, 0.25) is 0 Å². The minimum atomic E-state index is -5.19. The molecule has 1 heterocycles. The van der Waals surface area contributed by atoms with Crippen molar-refractivity contribution in [3.63, 3.8) is 0 Å². The van der Waals surface area contributed by atoms with E-state index in [1.807, 2.05) is 0 Å². The van der Waals surface area contributed by atoms with Crippen LogP contribution in [0, 0.1) is 12.8 Å². The number of nitrogens with zero attached hydrogens (tertiary/aromatic N) is 2. The summed E-state index contributed by atoms with van der Waals surface area (Å²) >= 11 is 0. The van der Waals surface area contributed by atoms with Crippen LogP contribution in [-0.2, 0) is 15.1 Å². The summed E-state index contributed by atoms with van der Waals surface area (Å²) in [6.45, 7) is 1.71. The van der Waals surface area contributed by atoms with Crippen LogP contribution in [0.25, 0.3) is 0 Å². The molecule has 2 amide bonds. The van der Waals surface area contributed by atoms with Crippen LogP contribution in [0.15, 0.2) is 48.8 Å². The normalized spacial score (nSPS) is 17.2. The Morgan fingerprint density at radius 1 is 1.07 bits per heavy atom. The summed E-state index contributed by atoms with van der Waals surface area (Å²) in [5, 5.41) is 0. The van der Waals surface area contributed by atoms with Gasteiger partial charge in [-0.05, 0) is 61.1 Å². The number of carbonyl (C=O) groups is 2. The summed E-state index contributed by atoms with van der Waals surface area (Å²) in [6, 6.07) is 9.06. The number of rotatable bonds is 5. The van der Waals surface area contributed by atoms with Gasteiger partial charge in [0.15, 0.2) is 5.54 Å². The van der Waals surface area contributed by atoms with Gasteiger partial charge in [-0.2, -0.15) is 13.2 Å². The minimum absolute atomic E-state index is 0.0153. The number of halogens is 3. The quantitative estimate of drug-likeness (QED) is 0.787. The first-order valence-electron chi connectivity index (χ1n) is 9.87.